The van der Waals surface area contributed by atoms with E-state index >= 15 is 0 Å². The second-order valence-corrected chi connectivity index (χ2v) is 5.87. The first-order valence-electron chi connectivity index (χ1n) is 3.73. The zero-order chi connectivity index (χ0) is 12.7. The second kappa shape index (κ2) is 3.59. The molecular weight excluding hydrogens is 258 g/mol. The van der Waals surface area contributed by atoms with Gasteiger partial charge in [0.25, 0.3) is 10.1 Å². The number of sulfonamides is 1. The van der Waals surface area contributed by atoms with Gasteiger partial charge in [0.1, 0.15) is 9.79 Å². The predicted octanol–water partition coefficient (Wildman–Crippen LogP) is -1.25. The summed E-state index contributed by atoms with van der Waals surface area (Å²) in [5.41, 5.74) is 9.90. The summed E-state index contributed by atoms with van der Waals surface area (Å²) in [6.07, 6.45) is 0. The average Bonchev–Trinajstić information content (AvgIpc) is 1.97. The van der Waals surface area contributed by atoms with E-state index in [1.807, 2.05) is 0 Å². The van der Waals surface area contributed by atoms with Gasteiger partial charge < -0.3 is 11.5 Å². The molecule has 0 aliphatic carbocycles. The summed E-state index contributed by atoms with van der Waals surface area (Å²) in [6, 6.07) is 1.50. The van der Waals surface area contributed by atoms with Crippen LogP contribution in [0.5, 0.6) is 0 Å². The molecule has 0 aromatic heterocycles. The van der Waals surface area contributed by atoms with E-state index in [1.54, 1.807) is 0 Å². The van der Waals surface area contributed by atoms with Crippen LogP contribution in [0.15, 0.2) is 21.9 Å². The Morgan fingerprint density at radius 2 is 1.38 bits per heavy atom. The number of primary sulfonamides is 1. The number of nitrogens with two attached hydrogens (primary N) is 3. The molecule has 0 aliphatic rings. The van der Waals surface area contributed by atoms with Crippen molar-refractivity contribution in [3.8, 4) is 0 Å². The Morgan fingerprint density at radius 1 is 0.938 bits per heavy atom. The number of hydrogen-bond donors (Lipinski definition) is 4. The molecule has 0 heterocycles. The molecule has 1 rings (SSSR count). The van der Waals surface area contributed by atoms with Gasteiger partial charge in [0, 0.05) is 0 Å². The summed E-state index contributed by atoms with van der Waals surface area (Å²) >= 11 is 0. The largest absolute Gasteiger partial charge is 0.398 e. The fourth-order valence-corrected chi connectivity index (χ4v) is 2.43. The molecule has 1 aromatic rings. The lowest BCUT2D eigenvalue weighted by Crippen LogP contribution is -2.16. The van der Waals surface area contributed by atoms with Crippen molar-refractivity contribution in [1.82, 2.24) is 0 Å². The molecule has 10 heteroatoms. The lowest BCUT2D eigenvalue weighted by atomic mass is 10.3. The van der Waals surface area contributed by atoms with Crippen molar-refractivity contribution in [2.45, 2.75) is 9.79 Å². The average molecular weight is 267 g/mol. The van der Waals surface area contributed by atoms with Gasteiger partial charge >= 0.3 is 0 Å². The zero-order valence-corrected chi connectivity index (χ0v) is 9.42. The molecule has 0 aliphatic heterocycles. The van der Waals surface area contributed by atoms with Crippen LogP contribution in [0.25, 0.3) is 0 Å². The fraction of sp³-hybridized carbons (Fsp3) is 0. The molecule has 1 aromatic carbocycles. The first-order chi connectivity index (χ1) is 7.03. The maximum absolute atomic E-state index is 11.0. The van der Waals surface area contributed by atoms with Crippen LogP contribution < -0.4 is 16.6 Å². The number of anilines is 2. The van der Waals surface area contributed by atoms with E-state index in [0.29, 0.717) is 6.07 Å². The van der Waals surface area contributed by atoms with Crippen molar-refractivity contribution in [2.75, 3.05) is 11.5 Å². The molecule has 0 amide bonds. The minimum Gasteiger partial charge on any atom is -0.398 e. The lowest BCUT2D eigenvalue weighted by molar-refractivity contribution is 0.483. The third-order valence-corrected chi connectivity index (χ3v) is 3.60. The van der Waals surface area contributed by atoms with Gasteiger partial charge in [0.2, 0.25) is 10.0 Å². The van der Waals surface area contributed by atoms with Gasteiger partial charge in [-0.1, -0.05) is 0 Å². The highest BCUT2D eigenvalue weighted by Crippen LogP contribution is 2.27. The summed E-state index contributed by atoms with van der Waals surface area (Å²) in [5.74, 6) is 0. The highest BCUT2D eigenvalue weighted by atomic mass is 32.2. The molecule has 0 fully saturated rings. The van der Waals surface area contributed by atoms with Crippen molar-refractivity contribution in [2.24, 2.45) is 5.14 Å². The third-order valence-electron chi connectivity index (χ3n) is 1.73. The van der Waals surface area contributed by atoms with Crippen molar-refractivity contribution < 1.29 is 21.4 Å². The third kappa shape index (κ3) is 2.41. The van der Waals surface area contributed by atoms with E-state index in [-0.39, 0.29) is 11.4 Å². The topological polar surface area (TPSA) is 167 Å². The Bertz CT molecular complexity index is 581. The van der Waals surface area contributed by atoms with Crippen molar-refractivity contribution >= 4 is 31.5 Å². The molecule has 0 bridgehead atoms. The lowest BCUT2D eigenvalue weighted by Gasteiger charge is -2.07. The summed E-state index contributed by atoms with van der Waals surface area (Å²) in [6.45, 7) is 0. The van der Waals surface area contributed by atoms with E-state index in [2.05, 4.69) is 0 Å². The number of rotatable bonds is 2. The van der Waals surface area contributed by atoms with Crippen LogP contribution in [0.1, 0.15) is 0 Å². The smallest absolute Gasteiger partial charge is 0.296 e. The number of benzene rings is 1. The Labute approximate surface area is 91.8 Å². The van der Waals surface area contributed by atoms with E-state index < -0.39 is 29.9 Å². The van der Waals surface area contributed by atoms with Gasteiger partial charge in [-0.15, -0.1) is 0 Å². The summed E-state index contributed by atoms with van der Waals surface area (Å²) in [7, 11) is -8.82. The maximum Gasteiger partial charge on any atom is 0.296 e. The van der Waals surface area contributed by atoms with E-state index in [1.165, 1.54) is 0 Å². The summed E-state index contributed by atoms with van der Waals surface area (Å²) < 4.78 is 52.5. The van der Waals surface area contributed by atoms with Crippen LogP contribution in [-0.4, -0.2) is 21.4 Å². The monoisotopic (exact) mass is 267 g/mol. The quantitative estimate of drug-likeness (QED) is 0.383. The summed E-state index contributed by atoms with van der Waals surface area (Å²) in [5, 5.41) is 4.79. The van der Waals surface area contributed by atoms with E-state index in [9.17, 15) is 16.8 Å². The molecule has 0 spiro atoms. The Morgan fingerprint density at radius 3 is 1.75 bits per heavy atom. The Hall–Kier alpha value is -1.36. The van der Waals surface area contributed by atoms with Gasteiger partial charge in [-0.2, -0.15) is 8.42 Å². The van der Waals surface area contributed by atoms with Gasteiger partial charge in [-0.25, -0.2) is 13.6 Å². The Kier molecular flexibility index (Phi) is 2.85. The van der Waals surface area contributed by atoms with Crippen molar-refractivity contribution in [3.63, 3.8) is 0 Å². The molecule has 0 saturated carbocycles. The minimum atomic E-state index is -4.63. The molecule has 16 heavy (non-hydrogen) atoms. The van der Waals surface area contributed by atoms with Crippen LogP contribution in [0.3, 0.4) is 0 Å². The molecule has 0 saturated heterocycles. The standard InChI is InChI=1S/C6H9N3O5S2/c7-3-1-4(8)6(16(12,13)14)2-5(3)15(9,10)11/h1-2H,7-8H2,(H2,9,10,11)(H,12,13,14). The van der Waals surface area contributed by atoms with Crippen LogP contribution in [-0.2, 0) is 20.1 Å². The summed E-state index contributed by atoms with van der Waals surface area (Å²) in [4.78, 5) is -1.37. The Balaban J connectivity index is 3.72. The number of nitrogen functional groups attached to an aromatic ring is 2. The fourth-order valence-electron chi connectivity index (χ4n) is 1.07. The molecule has 7 N–H and O–H groups in total. The van der Waals surface area contributed by atoms with Crippen molar-refractivity contribution in [3.05, 3.63) is 12.1 Å². The molecule has 0 atom stereocenters. The maximum atomic E-state index is 11.0. The van der Waals surface area contributed by atoms with Gasteiger partial charge in [0.05, 0.1) is 11.4 Å². The molecule has 0 unspecified atom stereocenters. The first-order valence-corrected chi connectivity index (χ1v) is 6.71. The van der Waals surface area contributed by atoms with Crippen molar-refractivity contribution in [1.29, 1.82) is 0 Å². The molecule has 0 radical (unpaired) electrons. The molecule has 90 valence electrons. The van der Waals surface area contributed by atoms with E-state index in [0.717, 1.165) is 6.07 Å². The van der Waals surface area contributed by atoms with Crippen LogP contribution >= 0.6 is 0 Å². The highest BCUT2D eigenvalue weighted by Gasteiger charge is 2.21. The van der Waals surface area contributed by atoms with Crippen LogP contribution in [0.2, 0.25) is 0 Å². The van der Waals surface area contributed by atoms with Gasteiger partial charge in [-0.05, 0) is 12.1 Å². The van der Waals surface area contributed by atoms with Gasteiger partial charge in [-0.3, -0.25) is 4.55 Å². The van der Waals surface area contributed by atoms with Crippen LogP contribution in [0.4, 0.5) is 11.4 Å². The van der Waals surface area contributed by atoms with Crippen LogP contribution in [0, 0.1) is 0 Å². The SMILES string of the molecule is Nc1cc(N)c(S(=O)(=O)O)cc1S(N)(=O)=O. The minimum absolute atomic E-state index is 0.299. The van der Waals surface area contributed by atoms with E-state index in [4.69, 9.17) is 21.2 Å². The first kappa shape index (κ1) is 12.7. The zero-order valence-electron chi connectivity index (χ0n) is 7.78. The highest BCUT2D eigenvalue weighted by molar-refractivity contribution is 7.89. The number of hydrogen-bond acceptors (Lipinski definition) is 6. The molecular formula is C6H9N3O5S2. The van der Waals surface area contributed by atoms with Gasteiger partial charge in [0.15, 0.2) is 0 Å². The normalized spacial score (nSPS) is 12.6. The molecule has 8 nitrogen and oxygen atoms in total. The predicted molar refractivity (Wildman–Crippen MR) is 56.5 cm³/mol. The second-order valence-electron chi connectivity index (χ2n) is 2.95.